The zero-order valence-electron chi connectivity index (χ0n) is 4.13. The lowest BCUT2D eigenvalue weighted by Crippen LogP contribution is -1.80. The second-order valence-corrected chi connectivity index (χ2v) is 1.16. The highest BCUT2D eigenvalue weighted by Crippen LogP contribution is 1.81. The summed E-state index contributed by atoms with van der Waals surface area (Å²) >= 11 is 0. The first-order valence-electron chi connectivity index (χ1n) is 2.09. The number of nitrogens with zero attached hydrogens (tertiary/aromatic N) is 2. The average Bonchev–Trinajstić information content (AvgIpc) is 1.90. The van der Waals surface area contributed by atoms with E-state index in [4.69, 9.17) is 6.42 Å². The SMILES string of the molecule is C#Cc1[c]nccn1. The lowest BCUT2D eigenvalue weighted by Gasteiger charge is -1.80. The fourth-order valence-corrected chi connectivity index (χ4v) is 0.338. The molecule has 1 rings (SSSR count). The van der Waals surface area contributed by atoms with Crippen molar-refractivity contribution in [3.05, 3.63) is 24.3 Å². The number of terminal acetylenes is 1. The van der Waals surface area contributed by atoms with Crippen LogP contribution in [0.15, 0.2) is 12.4 Å². The molecule has 0 saturated heterocycles. The Labute approximate surface area is 47.6 Å². The topological polar surface area (TPSA) is 25.8 Å². The van der Waals surface area contributed by atoms with Crippen molar-refractivity contribution in [2.75, 3.05) is 0 Å². The van der Waals surface area contributed by atoms with Crippen LogP contribution in [0.5, 0.6) is 0 Å². The second kappa shape index (κ2) is 2.08. The fourth-order valence-electron chi connectivity index (χ4n) is 0.338. The maximum atomic E-state index is 4.97. The van der Waals surface area contributed by atoms with Gasteiger partial charge in [0.25, 0.3) is 0 Å². The van der Waals surface area contributed by atoms with Crippen molar-refractivity contribution in [2.24, 2.45) is 0 Å². The second-order valence-electron chi connectivity index (χ2n) is 1.16. The van der Waals surface area contributed by atoms with E-state index in [-0.39, 0.29) is 0 Å². The van der Waals surface area contributed by atoms with E-state index in [9.17, 15) is 0 Å². The van der Waals surface area contributed by atoms with Crippen molar-refractivity contribution in [2.45, 2.75) is 0 Å². The zero-order valence-corrected chi connectivity index (χ0v) is 4.13. The summed E-state index contributed by atoms with van der Waals surface area (Å²) in [6.45, 7) is 0. The standard InChI is InChI=1S/C6H3N2/c1-2-6-5-7-3-4-8-6/h1,3-4H. The highest BCUT2D eigenvalue weighted by atomic mass is 14.7. The molecule has 0 saturated carbocycles. The summed E-state index contributed by atoms with van der Waals surface area (Å²) in [7, 11) is 0. The molecule has 1 heterocycles. The van der Waals surface area contributed by atoms with Crippen LogP contribution >= 0.6 is 0 Å². The van der Waals surface area contributed by atoms with Gasteiger partial charge in [-0.2, -0.15) is 0 Å². The molecule has 0 aliphatic carbocycles. The Morgan fingerprint density at radius 3 is 2.88 bits per heavy atom. The molecule has 8 heavy (non-hydrogen) atoms. The van der Waals surface area contributed by atoms with Gasteiger partial charge in [-0.05, 0) is 5.92 Å². The molecule has 37 valence electrons. The van der Waals surface area contributed by atoms with Gasteiger partial charge in [-0.15, -0.1) is 6.42 Å². The molecule has 0 atom stereocenters. The van der Waals surface area contributed by atoms with Gasteiger partial charge in [-0.1, -0.05) is 0 Å². The molecular weight excluding hydrogens is 100 g/mol. The van der Waals surface area contributed by atoms with E-state index in [1.165, 1.54) is 12.4 Å². The normalized spacial score (nSPS) is 7.88. The van der Waals surface area contributed by atoms with Crippen LogP contribution in [0.1, 0.15) is 5.69 Å². The first-order chi connectivity index (χ1) is 3.93. The van der Waals surface area contributed by atoms with Gasteiger partial charge in [0.2, 0.25) is 0 Å². The number of rotatable bonds is 0. The largest absolute Gasteiger partial charge is 0.250 e. The van der Waals surface area contributed by atoms with Gasteiger partial charge in [0.05, 0.1) is 0 Å². The molecule has 0 spiro atoms. The Hall–Kier alpha value is -1.36. The van der Waals surface area contributed by atoms with E-state index in [1.807, 2.05) is 0 Å². The lowest BCUT2D eigenvalue weighted by molar-refractivity contribution is 1.16. The molecule has 2 heteroatoms. The van der Waals surface area contributed by atoms with Gasteiger partial charge < -0.3 is 0 Å². The summed E-state index contributed by atoms with van der Waals surface area (Å²) in [5.74, 6) is 2.30. The van der Waals surface area contributed by atoms with E-state index in [1.54, 1.807) is 0 Å². The van der Waals surface area contributed by atoms with Crippen LogP contribution in [0.3, 0.4) is 0 Å². The fraction of sp³-hybridized carbons (Fsp3) is 0. The highest BCUT2D eigenvalue weighted by molar-refractivity contribution is 5.18. The smallest absolute Gasteiger partial charge is 0.140 e. The first-order valence-corrected chi connectivity index (χ1v) is 2.09. The molecule has 0 unspecified atom stereocenters. The molecule has 0 N–H and O–H groups in total. The molecule has 0 aromatic carbocycles. The summed E-state index contributed by atoms with van der Waals surface area (Å²) < 4.78 is 0. The Morgan fingerprint density at radius 2 is 2.50 bits per heavy atom. The molecular formula is C6H3N2. The number of aromatic nitrogens is 2. The van der Waals surface area contributed by atoms with Crippen molar-refractivity contribution < 1.29 is 0 Å². The maximum absolute atomic E-state index is 4.97. The van der Waals surface area contributed by atoms with Crippen LogP contribution in [0.2, 0.25) is 0 Å². The van der Waals surface area contributed by atoms with E-state index in [0.29, 0.717) is 5.69 Å². The Balaban J connectivity index is 3.05. The lowest BCUT2D eigenvalue weighted by atomic mass is 10.5. The molecule has 0 aliphatic heterocycles. The molecule has 1 radical (unpaired) electrons. The summed E-state index contributed by atoms with van der Waals surface area (Å²) in [6.07, 6.45) is 10.5. The van der Waals surface area contributed by atoms with Gasteiger partial charge in [0.1, 0.15) is 11.9 Å². The Morgan fingerprint density at radius 1 is 1.62 bits per heavy atom. The van der Waals surface area contributed by atoms with Crippen LogP contribution in [-0.2, 0) is 0 Å². The molecule has 1 aromatic rings. The first kappa shape index (κ1) is 4.79. The van der Waals surface area contributed by atoms with Crippen molar-refractivity contribution in [1.82, 2.24) is 9.97 Å². The monoisotopic (exact) mass is 103 g/mol. The number of hydrogen-bond donors (Lipinski definition) is 0. The van der Waals surface area contributed by atoms with E-state index in [0.717, 1.165) is 0 Å². The molecule has 2 nitrogen and oxygen atoms in total. The van der Waals surface area contributed by atoms with Gasteiger partial charge in [-0.25, -0.2) is 9.97 Å². The summed E-state index contributed by atoms with van der Waals surface area (Å²) in [5.41, 5.74) is 0.451. The van der Waals surface area contributed by atoms with Gasteiger partial charge in [-0.3, -0.25) is 0 Å². The van der Waals surface area contributed by atoms with Gasteiger partial charge in [0.15, 0.2) is 0 Å². The molecule has 0 bridgehead atoms. The number of hydrogen-bond acceptors (Lipinski definition) is 2. The Bertz CT molecular complexity index is 198. The minimum Gasteiger partial charge on any atom is -0.250 e. The van der Waals surface area contributed by atoms with Gasteiger partial charge in [0, 0.05) is 12.4 Å². The maximum Gasteiger partial charge on any atom is 0.140 e. The highest BCUT2D eigenvalue weighted by Gasteiger charge is 1.80. The van der Waals surface area contributed by atoms with Crippen LogP contribution < -0.4 is 0 Å². The minimum atomic E-state index is 0.451. The van der Waals surface area contributed by atoms with Crippen molar-refractivity contribution in [3.63, 3.8) is 0 Å². The van der Waals surface area contributed by atoms with Crippen LogP contribution in [0, 0.1) is 18.5 Å². The third-order valence-corrected chi connectivity index (χ3v) is 0.652. The van der Waals surface area contributed by atoms with Crippen LogP contribution in [0.25, 0.3) is 0 Å². The minimum absolute atomic E-state index is 0.451. The molecule has 0 amide bonds. The summed E-state index contributed by atoms with van der Waals surface area (Å²) in [4.78, 5) is 7.37. The van der Waals surface area contributed by atoms with E-state index >= 15 is 0 Å². The van der Waals surface area contributed by atoms with Crippen LogP contribution in [-0.4, -0.2) is 9.97 Å². The van der Waals surface area contributed by atoms with Crippen molar-refractivity contribution in [1.29, 1.82) is 0 Å². The Kier molecular flexibility index (Phi) is 1.25. The molecule has 0 aliphatic rings. The predicted octanol–water partition coefficient (Wildman–Crippen LogP) is 0.258. The van der Waals surface area contributed by atoms with E-state index < -0.39 is 0 Å². The van der Waals surface area contributed by atoms with Crippen molar-refractivity contribution in [3.8, 4) is 12.3 Å². The van der Waals surface area contributed by atoms with E-state index in [2.05, 4.69) is 22.1 Å². The predicted molar refractivity (Wildman–Crippen MR) is 28.8 cm³/mol. The third kappa shape index (κ3) is 0.824. The average molecular weight is 103 g/mol. The zero-order chi connectivity index (χ0) is 5.82. The molecule has 1 aromatic heterocycles. The quantitative estimate of drug-likeness (QED) is 0.440. The molecule has 0 fully saturated rings. The van der Waals surface area contributed by atoms with Crippen molar-refractivity contribution >= 4 is 0 Å². The third-order valence-electron chi connectivity index (χ3n) is 0.652. The van der Waals surface area contributed by atoms with Crippen LogP contribution in [0.4, 0.5) is 0 Å². The van der Waals surface area contributed by atoms with Gasteiger partial charge >= 0.3 is 0 Å². The summed E-state index contributed by atoms with van der Waals surface area (Å²) in [5, 5.41) is 0. The summed E-state index contributed by atoms with van der Waals surface area (Å²) in [6, 6.07) is 0.